The van der Waals surface area contributed by atoms with Gasteiger partial charge in [0.2, 0.25) is 0 Å². The minimum Gasteiger partial charge on any atom is -0.456 e. The van der Waals surface area contributed by atoms with E-state index in [1.807, 2.05) is 13.8 Å². The second kappa shape index (κ2) is 8.98. The highest BCUT2D eigenvalue weighted by Gasteiger charge is 2.30. The van der Waals surface area contributed by atoms with Crippen LogP contribution in [0.2, 0.25) is 0 Å². The molecule has 1 aliphatic carbocycles. The number of rotatable bonds is 4. The lowest BCUT2D eigenvalue weighted by atomic mass is 9.98. The number of hydrogen-bond donors (Lipinski definition) is 0. The summed E-state index contributed by atoms with van der Waals surface area (Å²) in [5.74, 6) is -0.543. The summed E-state index contributed by atoms with van der Waals surface area (Å²) < 4.78 is 19.9. The van der Waals surface area contributed by atoms with Gasteiger partial charge in [0.05, 0.1) is 5.56 Å². The maximum atomic E-state index is 14.6. The largest absolute Gasteiger partial charge is 0.456 e. The summed E-state index contributed by atoms with van der Waals surface area (Å²) >= 11 is 0. The van der Waals surface area contributed by atoms with E-state index in [0.29, 0.717) is 5.92 Å². The number of carbonyl (C=O) groups excluding carboxylic acids is 1. The van der Waals surface area contributed by atoms with Gasteiger partial charge in [-0.05, 0) is 88.7 Å². The number of hydrogen-bond acceptors (Lipinski definition) is 3. The Labute approximate surface area is 157 Å². The lowest BCUT2D eigenvalue weighted by Gasteiger charge is -2.27. The predicted molar refractivity (Wildman–Crippen MR) is 104 cm³/mol. The standard InChI is InChI=1S/C20H28FNO2.C2H6/c1-20(2,3)24-19(23)17-12-16(14-7-8-14)15(11-18(17)21)13-22-9-5-4-6-10-22;1-2/h11-12,14H,4-10,13H2,1-3H3;1-2H3. The molecule has 0 amide bonds. The van der Waals surface area contributed by atoms with Crippen molar-refractivity contribution in [1.29, 1.82) is 0 Å². The molecule has 1 heterocycles. The molecule has 0 aromatic heterocycles. The lowest BCUT2D eigenvalue weighted by molar-refractivity contribution is 0.00645. The molecular formula is C22H34FNO2. The van der Waals surface area contributed by atoms with Gasteiger partial charge in [-0.1, -0.05) is 20.3 Å². The number of likely N-dealkylation sites (tertiary alicyclic amines) is 1. The van der Waals surface area contributed by atoms with E-state index in [1.165, 1.54) is 19.3 Å². The van der Waals surface area contributed by atoms with Gasteiger partial charge in [-0.15, -0.1) is 0 Å². The van der Waals surface area contributed by atoms with Crippen molar-refractivity contribution in [3.8, 4) is 0 Å². The van der Waals surface area contributed by atoms with Crippen LogP contribution in [0.15, 0.2) is 12.1 Å². The molecule has 3 rings (SSSR count). The van der Waals surface area contributed by atoms with Crippen LogP contribution >= 0.6 is 0 Å². The SMILES string of the molecule is CC.CC(C)(C)OC(=O)c1cc(C2CC2)c(CN2CCCCC2)cc1F. The smallest absolute Gasteiger partial charge is 0.341 e. The van der Waals surface area contributed by atoms with Crippen LogP contribution in [-0.2, 0) is 11.3 Å². The third-order valence-corrected chi connectivity index (χ3v) is 4.71. The number of halogens is 1. The van der Waals surface area contributed by atoms with Gasteiger partial charge < -0.3 is 4.74 Å². The van der Waals surface area contributed by atoms with Gasteiger partial charge in [-0.25, -0.2) is 9.18 Å². The van der Waals surface area contributed by atoms with E-state index in [4.69, 9.17) is 4.74 Å². The summed E-state index contributed by atoms with van der Waals surface area (Å²) in [6, 6.07) is 3.32. The molecule has 2 fully saturated rings. The summed E-state index contributed by atoms with van der Waals surface area (Å²) in [5.41, 5.74) is 1.65. The van der Waals surface area contributed by atoms with E-state index in [2.05, 4.69) is 4.90 Å². The number of ether oxygens (including phenoxy) is 1. The molecule has 0 unspecified atom stereocenters. The Morgan fingerprint density at radius 1 is 1.15 bits per heavy atom. The molecule has 0 N–H and O–H groups in total. The Bertz CT molecular complexity index is 611. The number of carbonyl (C=O) groups is 1. The molecule has 1 aliphatic heterocycles. The van der Waals surface area contributed by atoms with Crippen LogP contribution in [0, 0.1) is 5.82 Å². The van der Waals surface area contributed by atoms with Crippen molar-refractivity contribution in [2.45, 2.75) is 84.8 Å². The first-order valence-electron chi connectivity index (χ1n) is 10.1. The molecule has 0 atom stereocenters. The third-order valence-electron chi connectivity index (χ3n) is 4.71. The van der Waals surface area contributed by atoms with Gasteiger partial charge in [0.15, 0.2) is 0 Å². The maximum Gasteiger partial charge on any atom is 0.341 e. The average Bonchev–Trinajstić information content (AvgIpc) is 3.41. The van der Waals surface area contributed by atoms with Crippen molar-refractivity contribution in [3.05, 3.63) is 34.6 Å². The topological polar surface area (TPSA) is 29.5 Å². The quantitative estimate of drug-likeness (QED) is 0.645. The van der Waals surface area contributed by atoms with E-state index >= 15 is 0 Å². The molecule has 26 heavy (non-hydrogen) atoms. The van der Waals surface area contributed by atoms with Crippen LogP contribution in [0.3, 0.4) is 0 Å². The highest BCUT2D eigenvalue weighted by Crippen LogP contribution is 2.43. The molecule has 1 aromatic carbocycles. The fourth-order valence-corrected chi connectivity index (χ4v) is 3.39. The number of benzene rings is 1. The van der Waals surface area contributed by atoms with Gasteiger partial charge in [0, 0.05) is 6.54 Å². The molecule has 0 radical (unpaired) electrons. The summed E-state index contributed by atoms with van der Waals surface area (Å²) in [5, 5.41) is 0. The Balaban J connectivity index is 0.00000117. The second-order valence-electron chi connectivity index (χ2n) is 8.14. The zero-order valence-electron chi connectivity index (χ0n) is 17.0. The Hall–Kier alpha value is -1.42. The third kappa shape index (κ3) is 5.80. The zero-order chi connectivity index (χ0) is 19.3. The van der Waals surface area contributed by atoms with Crippen molar-refractivity contribution in [1.82, 2.24) is 4.90 Å². The minimum absolute atomic E-state index is 0.0780. The molecule has 1 aromatic rings. The summed E-state index contributed by atoms with van der Waals surface area (Å²) in [6.07, 6.45) is 5.99. The van der Waals surface area contributed by atoms with Crippen molar-refractivity contribution in [3.63, 3.8) is 0 Å². The Morgan fingerprint density at radius 2 is 1.77 bits per heavy atom. The van der Waals surface area contributed by atoms with Gasteiger partial charge in [-0.3, -0.25) is 4.90 Å². The maximum absolute atomic E-state index is 14.6. The summed E-state index contributed by atoms with van der Waals surface area (Å²) in [7, 11) is 0. The van der Waals surface area contributed by atoms with Crippen molar-refractivity contribution in [2.24, 2.45) is 0 Å². The average molecular weight is 364 g/mol. The van der Waals surface area contributed by atoms with Crippen molar-refractivity contribution < 1.29 is 13.9 Å². The monoisotopic (exact) mass is 363 g/mol. The Kier molecular flexibility index (Phi) is 7.22. The van der Waals surface area contributed by atoms with E-state index in [9.17, 15) is 9.18 Å². The lowest BCUT2D eigenvalue weighted by Crippen LogP contribution is -2.29. The van der Waals surface area contributed by atoms with Crippen molar-refractivity contribution in [2.75, 3.05) is 13.1 Å². The van der Waals surface area contributed by atoms with Crippen LogP contribution < -0.4 is 0 Å². The molecular weight excluding hydrogens is 329 g/mol. The van der Waals surface area contributed by atoms with Crippen LogP contribution in [0.25, 0.3) is 0 Å². The van der Waals surface area contributed by atoms with Crippen LogP contribution in [0.1, 0.15) is 94.1 Å². The van der Waals surface area contributed by atoms with Crippen LogP contribution in [0.5, 0.6) is 0 Å². The summed E-state index contributed by atoms with van der Waals surface area (Å²) in [6.45, 7) is 12.4. The molecule has 146 valence electrons. The summed E-state index contributed by atoms with van der Waals surface area (Å²) in [4.78, 5) is 14.7. The molecule has 0 spiro atoms. The van der Waals surface area contributed by atoms with E-state index in [-0.39, 0.29) is 5.56 Å². The molecule has 0 bridgehead atoms. The zero-order valence-corrected chi connectivity index (χ0v) is 17.0. The minimum atomic E-state index is -0.615. The van der Waals surface area contributed by atoms with E-state index in [0.717, 1.165) is 43.6 Å². The molecule has 1 saturated heterocycles. The first-order valence-corrected chi connectivity index (χ1v) is 10.1. The highest BCUT2D eigenvalue weighted by molar-refractivity contribution is 5.90. The predicted octanol–water partition coefficient (Wildman–Crippen LogP) is 5.67. The molecule has 4 heteroatoms. The molecule has 3 nitrogen and oxygen atoms in total. The van der Waals surface area contributed by atoms with Crippen molar-refractivity contribution >= 4 is 5.97 Å². The first kappa shape index (κ1) is 20.9. The van der Waals surface area contributed by atoms with Gasteiger partial charge in [0.1, 0.15) is 11.4 Å². The first-order chi connectivity index (χ1) is 12.3. The van der Waals surface area contributed by atoms with Gasteiger partial charge >= 0.3 is 5.97 Å². The van der Waals surface area contributed by atoms with Crippen LogP contribution in [-0.4, -0.2) is 29.6 Å². The second-order valence-corrected chi connectivity index (χ2v) is 8.14. The Morgan fingerprint density at radius 3 is 2.31 bits per heavy atom. The van der Waals surface area contributed by atoms with Gasteiger partial charge in [0.25, 0.3) is 0 Å². The fourth-order valence-electron chi connectivity index (χ4n) is 3.39. The fraction of sp³-hybridized carbons (Fsp3) is 0.682. The molecule has 1 saturated carbocycles. The number of nitrogens with zero attached hydrogens (tertiary/aromatic N) is 1. The normalized spacial score (nSPS) is 18.1. The highest BCUT2D eigenvalue weighted by atomic mass is 19.1. The number of esters is 1. The van der Waals surface area contributed by atoms with E-state index < -0.39 is 17.4 Å². The van der Waals surface area contributed by atoms with Gasteiger partial charge in [-0.2, -0.15) is 0 Å². The van der Waals surface area contributed by atoms with E-state index in [1.54, 1.807) is 32.9 Å². The molecule has 2 aliphatic rings. The van der Waals surface area contributed by atoms with Crippen LogP contribution in [0.4, 0.5) is 4.39 Å². The number of piperidine rings is 1.